The number of rotatable bonds is 7. The zero-order valence-electron chi connectivity index (χ0n) is 18.6. The van der Waals surface area contributed by atoms with Gasteiger partial charge in [0.1, 0.15) is 5.69 Å². The van der Waals surface area contributed by atoms with Gasteiger partial charge in [-0.2, -0.15) is 5.10 Å². The second-order valence-corrected chi connectivity index (χ2v) is 8.00. The Bertz CT molecular complexity index is 1310. The average molecular weight is 445 g/mol. The molecule has 0 aliphatic rings. The van der Waals surface area contributed by atoms with Crippen LogP contribution in [0, 0.1) is 0 Å². The Morgan fingerprint density at radius 2 is 1.41 bits per heavy atom. The van der Waals surface area contributed by atoms with Crippen molar-refractivity contribution in [2.24, 2.45) is 0 Å². The van der Waals surface area contributed by atoms with E-state index in [2.05, 4.69) is 34.6 Å². The van der Waals surface area contributed by atoms with E-state index in [-0.39, 0.29) is 11.8 Å². The van der Waals surface area contributed by atoms with E-state index in [0.717, 1.165) is 22.4 Å². The molecule has 0 fully saturated rings. The van der Waals surface area contributed by atoms with Crippen molar-refractivity contribution in [1.82, 2.24) is 20.1 Å². The molecule has 0 bridgehead atoms. The van der Waals surface area contributed by atoms with Gasteiger partial charge in [-0.1, -0.05) is 78.9 Å². The van der Waals surface area contributed by atoms with Crippen molar-refractivity contribution < 1.29 is 4.79 Å². The minimum Gasteiger partial charge on any atom is -0.351 e. The molecular formula is C29H24N4O. The van der Waals surface area contributed by atoms with Crippen LogP contribution in [0.15, 0.2) is 122 Å². The van der Waals surface area contributed by atoms with Crippen LogP contribution in [0.1, 0.15) is 27.4 Å². The van der Waals surface area contributed by atoms with E-state index in [4.69, 9.17) is 5.10 Å². The lowest BCUT2D eigenvalue weighted by molar-refractivity contribution is 0.0953. The van der Waals surface area contributed by atoms with E-state index < -0.39 is 0 Å². The van der Waals surface area contributed by atoms with E-state index in [1.807, 2.05) is 78.9 Å². The summed E-state index contributed by atoms with van der Waals surface area (Å²) in [7, 11) is 0. The van der Waals surface area contributed by atoms with Gasteiger partial charge in [0.2, 0.25) is 0 Å². The molecule has 0 aliphatic carbocycles. The van der Waals surface area contributed by atoms with Crippen molar-refractivity contribution in [1.29, 1.82) is 0 Å². The summed E-state index contributed by atoms with van der Waals surface area (Å²) in [5.74, 6) is -0.129. The van der Waals surface area contributed by atoms with E-state index in [1.165, 1.54) is 0 Å². The zero-order valence-corrected chi connectivity index (χ0v) is 18.6. The van der Waals surface area contributed by atoms with Crippen LogP contribution in [-0.4, -0.2) is 27.2 Å². The second-order valence-electron chi connectivity index (χ2n) is 8.00. The molecule has 0 radical (unpaired) electrons. The van der Waals surface area contributed by atoms with Gasteiger partial charge in [-0.3, -0.25) is 9.78 Å². The predicted molar refractivity (Wildman–Crippen MR) is 134 cm³/mol. The van der Waals surface area contributed by atoms with Gasteiger partial charge in [-0.25, -0.2) is 4.68 Å². The van der Waals surface area contributed by atoms with Gasteiger partial charge in [0.15, 0.2) is 0 Å². The van der Waals surface area contributed by atoms with Crippen molar-refractivity contribution in [3.63, 3.8) is 0 Å². The first kappa shape index (κ1) is 21.3. The maximum atomic E-state index is 13.5. The maximum Gasteiger partial charge on any atom is 0.255 e. The molecule has 2 heterocycles. The molecule has 2 aromatic heterocycles. The number of carbonyl (C=O) groups is 1. The number of para-hydroxylation sites is 1. The molecule has 5 aromatic rings. The van der Waals surface area contributed by atoms with Gasteiger partial charge in [0.25, 0.3) is 5.91 Å². The molecule has 0 aliphatic heterocycles. The van der Waals surface area contributed by atoms with Crippen molar-refractivity contribution >= 4 is 5.91 Å². The summed E-state index contributed by atoms with van der Waals surface area (Å²) < 4.78 is 1.74. The van der Waals surface area contributed by atoms with Crippen LogP contribution in [0.2, 0.25) is 0 Å². The van der Waals surface area contributed by atoms with Crippen LogP contribution >= 0.6 is 0 Å². The molecule has 0 spiro atoms. The van der Waals surface area contributed by atoms with E-state index in [9.17, 15) is 4.79 Å². The van der Waals surface area contributed by atoms with Crippen molar-refractivity contribution in [3.8, 4) is 16.9 Å². The standard InChI is InChI=1S/C29H24N4O/c34-29(31-20-26(22-11-4-1-5-12-22)23-13-6-2-7-14-23)27-21-33(25-16-8-3-9-17-25)32-28(27)24-15-10-18-30-19-24/h1-19,21,26H,20H2,(H,31,34). The third-order valence-electron chi connectivity index (χ3n) is 5.79. The van der Waals surface area contributed by atoms with Crippen LogP contribution in [0.25, 0.3) is 16.9 Å². The second kappa shape index (κ2) is 9.96. The van der Waals surface area contributed by atoms with E-state index in [1.54, 1.807) is 23.3 Å². The maximum absolute atomic E-state index is 13.5. The summed E-state index contributed by atoms with van der Waals surface area (Å²) in [4.78, 5) is 17.7. The van der Waals surface area contributed by atoms with Gasteiger partial charge in [-0.05, 0) is 35.4 Å². The quantitative estimate of drug-likeness (QED) is 0.361. The van der Waals surface area contributed by atoms with Crippen LogP contribution < -0.4 is 5.32 Å². The molecule has 5 nitrogen and oxygen atoms in total. The molecule has 1 amide bonds. The van der Waals surface area contributed by atoms with E-state index in [0.29, 0.717) is 17.8 Å². The number of hydrogen-bond acceptors (Lipinski definition) is 3. The SMILES string of the molecule is O=C(NCC(c1ccccc1)c1ccccc1)c1cn(-c2ccccc2)nc1-c1cccnc1. The first-order chi connectivity index (χ1) is 16.8. The third kappa shape index (κ3) is 4.64. The fourth-order valence-electron chi connectivity index (χ4n) is 4.06. The molecule has 0 saturated carbocycles. The summed E-state index contributed by atoms with van der Waals surface area (Å²) in [5.41, 5.74) is 5.10. The number of carbonyl (C=O) groups excluding carboxylic acids is 1. The first-order valence-electron chi connectivity index (χ1n) is 11.2. The summed E-state index contributed by atoms with van der Waals surface area (Å²) in [5, 5.41) is 7.89. The highest BCUT2D eigenvalue weighted by Gasteiger charge is 2.21. The fraction of sp³-hybridized carbons (Fsp3) is 0.0690. The molecule has 1 N–H and O–H groups in total. The van der Waals surface area contributed by atoms with Gasteiger partial charge in [0.05, 0.1) is 11.3 Å². The van der Waals surface area contributed by atoms with Gasteiger partial charge < -0.3 is 5.32 Å². The van der Waals surface area contributed by atoms with Crippen LogP contribution in [-0.2, 0) is 0 Å². The fourth-order valence-corrected chi connectivity index (χ4v) is 4.06. The smallest absolute Gasteiger partial charge is 0.255 e. The van der Waals surface area contributed by atoms with Gasteiger partial charge in [-0.15, -0.1) is 0 Å². The van der Waals surface area contributed by atoms with Crippen LogP contribution in [0.3, 0.4) is 0 Å². The summed E-state index contributed by atoms with van der Waals surface area (Å²) in [6.07, 6.45) is 5.22. The number of pyridine rings is 1. The third-order valence-corrected chi connectivity index (χ3v) is 5.79. The largest absolute Gasteiger partial charge is 0.351 e. The highest BCUT2D eigenvalue weighted by Crippen LogP contribution is 2.26. The summed E-state index contributed by atoms with van der Waals surface area (Å²) in [6.45, 7) is 0.468. The Hall–Kier alpha value is -4.51. The average Bonchev–Trinajstić information content (AvgIpc) is 3.37. The van der Waals surface area contributed by atoms with E-state index >= 15 is 0 Å². The Kier molecular flexibility index (Phi) is 6.25. The minimum atomic E-state index is -0.169. The first-order valence-corrected chi connectivity index (χ1v) is 11.2. The van der Waals surface area contributed by atoms with Gasteiger partial charge >= 0.3 is 0 Å². The Morgan fingerprint density at radius 3 is 2.00 bits per heavy atom. The van der Waals surface area contributed by atoms with Crippen LogP contribution in [0.4, 0.5) is 0 Å². The molecule has 3 aromatic carbocycles. The Balaban J connectivity index is 1.46. The molecule has 5 rings (SSSR count). The number of hydrogen-bond donors (Lipinski definition) is 1. The molecule has 5 heteroatoms. The number of aromatic nitrogens is 3. The zero-order chi connectivity index (χ0) is 23.2. The number of benzene rings is 3. The lowest BCUT2D eigenvalue weighted by atomic mass is 9.91. The minimum absolute atomic E-state index is 0.0392. The van der Waals surface area contributed by atoms with Crippen molar-refractivity contribution in [3.05, 3.63) is 138 Å². The van der Waals surface area contributed by atoms with Crippen LogP contribution in [0.5, 0.6) is 0 Å². The lowest BCUT2D eigenvalue weighted by Crippen LogP contribution is -2.29. The topological polar surface area (TPSA) is 59.8 Å². The Morgan fingerprint density at radius 1 is 0.794 bits per heavy atom. The highest BCUT2D eigenvalue weighted by molar-refractivity contribution is 5.99. The highest BCUT2D eigenvalue weighted by atomic mass is 16.1. The molecule has 166 valence electrons. The number of amides is 1. The molecule has 34 heavy (non-hydrogen) atoms. The Labute approximate surface area is 198 Å². The van der Waals surface area contributed by atoms with Gasteiger partial charge in [0, 0.05) is 36.6 Å². The summed E-state index contributed by atoms with van der Waals surface area (Å²) >= 11 is 0. The molecule has 0 saturated heterocycles. The predicted octanol–water partition coefficient (Wildman–Crippen LogP) is 5.50. The molecular weight excluding hydrogens is 420 g/mol. The molecule has 0 unspecified atom stereocenters. The number of nitrogens with zero attached hydrogens (tertiary/aromatic N) is 3. The normalized spacial score (nSPS) is 10.9. The van der Waals surface area contributed by atoms with Crippen molar-refractivity contribution in [2.75, 3.05) is 6.54 Å². The number of nitrogens with one attached hydrogen (secondary N) is 1. The van der Waals surface area contributed by atoms with Crippen molar-refractivity contribution in [2.45, 2.75) is 5.92 Å². The summed E-state index contributed by atoms with van der Waals surface area (Å²) in [6, 6.07) is 34.0. The monoisotopic (exact) mass is 444 g/mol. The molecule has 0 atom stereocenters. The lowest BCUT2D eigenvalue weighted by Gasteiger charge is -2.19.